The van der Waals surface area contributed by atoms with Crippen molar-refractivity contribution in [3.63, 3.8) is 0 Å². The molecule has 0 saturated carbocycles. The number of aryl methyl sites for hydroxylation is 1. The first-order chi connectivity index (χ1) is 34.4. The molecule has 0 aliphatic rings. The number of thiocarbonyl (C=S) groups is 1. The Balaban J connectivity index is -0.000000397. The van der Waals surface area contributed by atoms with Crippen molar-refractivity contribution in [2.45, 2.75) is 79.2 Å². The summed E-state index contributed by atoms with van der Waals surface area (Å²) in [5, 5.41) is 20.3. The van der Waals surface area contributed by atoms with Gasteiger partial charge in [0.05, 0.1) is 11.2 Å². The molecule has 408 valence electrons. The SMILES string of the molecule is CC(=O)OC(C)=O.CC([O-])=S.CCN(CC)CC.CN(C)c1ccncc1.C[Si](C)(C)Cl.Cc1ccc(S(=O)(=O)O)cc1.O=C(O)C(F)(F)F.[K+].c1c[nH]cn1.c1ccc(P(c2ccccc2)c2ccccc2)cc1. The van der Waals surface area contributed by atoms with E-state index in [1.165, 1.54) is 74.1 Å². The van der Waals surface area contributed by atoms with Crippen molar-refractivity contribution < 1.29 is 107 Å². The zero-order valence-corrected chi connectivity index (χ0v) is 52.4. The fourth-order valence-corrected chi connectivity index (χ4v) is 7.40. The van der Waals surface area contributed by atoms with E-state index in [-0.39, 0.29) is 61.3 Å². The summed E-state index contributed by atoms with van der Waals surface area (Å²) in [6.07, 6.45) is 3.57. The third-order valence-electron chi connectivity index (χ3n) is 7.82. The fourth-order valence-electron chi connectivity index (χ4n) is 4.62. The second kappa shape index (κ2) is 44.9. The van der Waals surface area contributed by atoms with Gasteiger partial charge in [-0.25, -0.2) is 9.78 Å². The van der Waals surface area contributed by atoms with Crippen LogP contribution in [0.25, 0.3) is 0 Å². The van der Waals surface area contributed by atoms with Gasteiger partial charge in [0.2, 0.25) is 0 Å². The van der Waals surface area contributed by atoms with Gasteiger partial charge in [0.25, 0.3) is 10.1 Å². The number of nitrogens with one attached hydrogen (secondary N) is 1. The van der Waals surface area contributed by atoms with Crippen LogP contribution in [0.2, 0.25) is 19.6 Å². The normalized spacial score (nSPS) is 9.85. The van der Waals surface area contributed by atoms with Crippen LogP contribution in [0.4, 0.5) is 18.9 Å². The molecule has 0 atom stereocenters. The Morgan fingerprint density at radius 1 is 0.733 bits per heavy atom. The van der Waals surface area contributed by atoms with Gasteiger partial charge in [0, 0.05) is 58.4 Å². The quantitative estimate of drug-likeness (QED) is 0.0265. The molecule has 23 heteroatoms. The predicted octanol–water partition coefficient (Wildman–Crippen LogP) is 7.08. The van der Waals surface area contributed by atoms with Gasteiger partial charge in [-0.2, -0.15) is 32.7 Å². The number of aromatic nitrogens is 3. The number of nitrogens with zero attached hydrogens (tertiary/aromatic N) is 4. The maximum Gasteiger partial charge on any atom is 1.00 e. The summed E-state index contributed by atoms with van der Waals surface area (Å²) >= 11 is 9.65. The molecule has 0 radical (unpaired) electrons. The molecule has 0 unspecified atom stereocenters. The number of esters is 2. The van der Waals surface area contributed by atoms with Crippen LogP contribution in [0.1, 0.15) is 47.1 Å². The molecular weight excluding hydrogens is 1090 g/mol. The molecule has 0 bridgehead atoms. The number of hydrogen-bond acceptors (Lipinski definition) is 12. The zero-order chi connectivity index (χ0) is 57.3. The van der Waals surface area contributed by atoms with E-state index in [1.807, 2.05) is 38.1 Å². The fraction of sp³-hybridized carbons (Fsp3) is 0.308. The van der Waals surface area contributed by atoms with Crippen LogP contribution >= 0.6 is 31.2 Å². The number of halogens is 4. The molecule has 0 aliphatic heterocycles. The maximum atomic E-state index is 10.6. The number of anilines is 1. The maximum absolute atomic E-state index is 10.6. The average molecular weight is 1160 g/mol. The number of carbonyl (C=O) groups excluding carboxylic acids is 2. The van der Waals surface area contributed by atoms with E-state index >= 15 is 0 Å². The van der Waals surface area contributed by atoms with Crippen LogP contribution < -0.4 is 77.3 Å². The number of benzene rings is 4. The second-order valence-corrected chi connectivity index (χ2v) is 27.3. The standard InChI is InChI=1S/C18H15P.C7H10N2.C7H8O3S.C6H15N.C4H6O3.C3H9ClSi.C3H4N2.C2HF3O2.C2H4OS.K/c1-4-10-16(11-5-1)19(17-12-6-2-7-13-17)18-14-8-3-9-15-18;1-9(2)7-3-5-8-6-4-7;1-6-2-4-7(5-3-6)11(8,9)10;1-4-7(5-2)6-3;1-3(5)7-4(2)6;1-5(2,3)4;1-2-5-3-4-1;3-2(4,5)1(6)7;1-2(3)4;/h1-15H;3-6H,1-2H3;2-5H,1H3,(H,8,9,10);4-6H2,1-3H3;1-2H3;1-3H3;1-3H,(H,4,5);(H,6,7);1H3,(H,3,4);/q;;;;;;;;;+1/p-1. The molecule has 6 rings (SSSR count). The summed E-state index contributed by atoms with van der Waals surface area (Å²) in [4.78, 5) is 43.2. The van der Waals surface area contributed by atoms with E-state index in [4.69, 9.17) is 25.5 Å². The molecule has 0 saturated heterocycles. The van der Waals surface area contributed by atoms with E-state index in [0.717, 1.165) is 5.56 Å². The summed E-state index contributed by atoms with van der Waals surface area (Å²) in [5.41, 5.74) is 2.14. The van der Waals surface area contributed by atoms with Crippen LogP contribution in [0, 0.1) is 6.92 Å². The van der Waals surface area contributed by atoms with E-state index in [2.05, 4.69) is 168 Å². The van der Waals surface area contributed by atoms with Crippen molar-refractivity contribution in [3.8, 4) is 0 Å². The average Bonchev–Trinajstić information content (AvgIpc) is 3.92. The van der Waals surface area contributed by atoms with E-state index < -0.39 is 49.5 Å². The summed E-state index contributed by atoms with van der Waals surface area (Å²) in [7, 11) is -1.59. The van der Waals surface area contributed by atoms with E-state index in [9.17, 15) is 36.3 Å². The van der Waals surface area contributed by atoms with Crippen LogP contribution in [0.15, 0.2) is 163 Å². The molecule has 2 aromatic heterocycles. The van der Waals surface area contributed by atoms with Crippen LogP contribution in [-0.4, -0.2) is 108 Å². The Kier molecular flexibility index (Phi) is 46.2. The number of aliphatic carboxylic acids is 1. The van der Waals surface area contributed by atoms with Crippen molar-refractivity contribution >= 4 is 93.3 Å². The Morgan fingerprint density at radius 3 is 1.24 bits per heavy atom. The third kappa shape index (κ3) is 49.1. The van der Waals surface area contributed by atoms with Crippen LogP contribution in [0.3, 0.4) is 0 Å². The summed E-state index contributed by atoms with van der Waals surface area (Å²) in [5.74, 6) is -3.88. The number of rotatable bonds is 8. The van der Waals surface area contributed by atoms with Crippen molar-refractivity contribution in [3.05, 3.63) is 164 Å². The summed E-state index contributed by atoms with van der Waals surface area (Å²) in [6, 6.07) is 42.3. The first-order valence-corrected chi connectivity index (χ1v) is 30.2. The molecule has 2 heterocycles. The van der Waals surface area contributed by atoms with Crippen molar-refractivity contribution in [2.24, 2.45) is 0 Å². The number of carboxylic acids is 1. The topological polar surface area (TPSA) is 206 Å². The van der Waals surface area contributed by atoms with Crippen molar-refractivity contribution in [1.82, 2.24) is 19.9 Å². The zero-order valence-electron chi connectivity index (χ0n) is 44.9. The number of carboxylic acid groups (broad SMARTS) is 1. The van der Waals surface area contributed by atoms with Gasteiger partial charge in [-0.1, -0.05) is 154 Å². The Labute approximate surface area is 497 Å². The molecular formula is C52H71ClF3KN5O9PS2Si. The Morgan fingerprint density at radius 2 is 1.07 bits per heavy atom. The largest absolute Gasteiger partial charge is 1.00 e. The number of alkyl halides is 3. The van der Waals surface area contributed by atoms with E-state index in [1.54, 1.807) is 43.2 Å². The van der Waals surface area contributed by atoms with Crippen LogP contribution in [-0.2, 0) is 29.2 Å². The first-order valence-electron chi connectivity index (χ1n) is 22.5. The number of aromatic amines is 1. The molecule has 0 aliphatic carbocycles. The number of pyridine rings is 1. The summed E-state index contributed by atoms with van der Waals surface area (Å²) in [6.45, 7) is 21.9. The van der Waals surface area contributed by atoms with Gasteiger partial charge in [0.1, 0.15) is 7.38 Å². The van der Waals surface area contributed by atoms with Crippen molar-refractivity contribution in [1.29, 1.82) is 0 Å². The third-order valence-corrected chi connectivity index (χ3v) is 11.1. The first kappa shape index (κ1) is 77.3. The van der Waals surface area contributed by atoms with Gasteiger partial charge in [-0.3, -0.25) is 19.1 Å². The summed E-state index contributed by atoms with van der Waals surface area (Å²) < 4.78 is 65.3. The monoisotopic (exact) mass is 1160 g/mol. The molecule has 0 fully saturated rings. The second-order valence-electron chi connectivity index (χ2n) is 15.6. The van der Waals surface area contributed by atoms with Gasteiger partial charge in [0.15, 0.2) is 0 Å². The minimum Gasteiger partial charge on any atom is -0.868 e. The van der Waals surface area contributed by atoms with Gasteiger partial charge in [-0.05, 0) is 81.6 Å². The molecule has 75 heavy (non-hydrogen) atoms. The Hall–Kier alpha value is -4.23. The minimum absolute atomic E-state index is 0. The van der Waals surface area contributed by atoms with Gasteiger partial charge in [-0.15, -0.1) is 12.2 Å². The number of ether oxygens (including phenoxy) is 1. The molecule has 6 aromatic rings. The van der Waals surface area contributed by atoms with Gasteiger partial charge >= 0.3 is 75.5 Å². The molecule has 14 nitrogen and oxygen atoms in total. The molecule has 3 N–H and O–H groups in total. The number of imidazole rings is 1. The Bertz CT molecular complexity index is 2330. The number of hydrogen-bond donors (Lipinski definition) is 3. The predicted molar refractivity (Wildman–Crippen MR) is 300 cm³/mol. The number of carbonyl (C=O) groups is 3. The molecule has 0 amide bonds. The smallest absolute Gasteiger partial charge is 0.868 e. The number of H-pyrrole nitrogens is 1. The van der Waals surface area contributed by atoms with Crippen LogP contribution in [0.5, 0.6) is 0 Å². The van der Waals surface area contributed by atoms with Crippen molar-refractivity contribution in [2.75, 3.05) is 38.6 Å². The molecule has 0 spiro atoms. The minimum atomic E-state index is -5.08. The van der Waals surface area contributed by atoms with Gasteiger partial charge < -0.3 is 29.7 Å². The molecule has 4 aromatic carbocycles. The van der Waals surface area contributed by atoms with E-state index in [0.29, 0.717) is 0 Å².